The van der Waals surface area contributed by atoms with E-state index in [0.29, 0.717) is 16.3 Å². The zero-order valence-electron chi connectivity index (χ0n) is 17.9. The van der Waals surface area contributed by atoms with Crippen molar-refractivity contribution in [1.29, 1.82) is 0 Å². The maximum Gasteiger partial charge on any atom is 0.282 e. The van der Waals surface area contributed by atoms with Crippen LogP contribution in [0.4, 0.5) is 0 Å². The van der Waals surface area contributed by atoms with Crippen molar-refractivity contribution in [1.82, 2.24) is 5.06 Å². The number of sulfonamides is 1. The molecule has 0 unspecified atom stereocenters. The molecular weight excluding hydrogens is 444 g/mol. The first kappa shape index (κ1) is 22.3. The van der Waals surface area contributed by atoms with Crippen molar-refractivity contribution in [3.63, 3.8) is 0 Å². The van der Waals surface area contributed by atoms with Crippen LogP contribution in [0.15, 0.2) is 92.9 Å². The van der Waals surface area contributed by atoms with Gasteiger partial charge in [0.15, 0.2) is 0 Å². The zero-order chi connectivity index (χ0) is 23.1. The number of halogens is 1. The molecule has 0 fully saturated rings. The maximum absolute atomic E-state index is 13.1. The number of rotatable bonds is 2. The number of allylic oxidation sites excluding steroid dienone is 5. The molecule has 2 aromatic rings. The van der Waals surface area contributed by atoms with Gasteiger partial charge in [0.25, 0.3) is 10.0 Å². The first-order chi connectivity index (χ1) is 15.1. The highest BCUT2D eigenvalue weighted by atomic mass is 35.5. The first-order valence-electron chi connectivity index (χ1n) is 10.1. The third kappa shape index (κ3) is 4.35. The lowest BCUT2D eigenvalue weighted by Crippen LogP contribution is -2.20. The molecule has 0 spiro atoms. The standard InChI is InChI=1S/C25H23ClN2O3S/c1-25(2,3)18-8-11-20(12-9-18)32(30,31)27-23-13-10-19(26)16-22(23)24-21-7-5-4-6-17(21)14-15-28(24)29/h4-16,29H,1-3H3/b24-22-,27-23+. The van der Waals surface area contributed by atoms with Crippen molar-refractivity contribution in [2.45, 2.75) is 31.1 Å². The Morgan fingerprint density at radius 2 is 1.66 bits per heavy atom. The molecule has 4 rings (SSSR count). The number of hydroxylamine groups is 2. The van der Waals surface area contributed by atoms with Crippen LogP contribution in [0, 0.1) is 0 Å². The molecule has 1 aliphatic heterocycles. The second-order valence-electron chi connectivity index (χ2n) is 8.60. The van der Waals surface area contributed by atoms with Crippen LogP contribution in [0.1, 0.15) is 37.5 Å². The smallest absolute Gasteiger partial charge is 0.282 e. The van der Waals surface area contributed by atoms with Crippen LogP contribution in [0.3, 0.4) is 0 Å². The molecule has 0 saturated carbocycles. The Labute approximate surface area is 193 Å². The van der Waals surface area contributed by atoms with E-state index in [1.165, 1.54) is 6.20 Å². The summed E-state index contributed by atoms with van der Waals surface area (Å²) < 4.78 is 30.3. The molecule has 164 valence electrons. The second kappa shape index (κ2) is 8.20. The van der Waals surface area contributed by atoms with Crippen molar-refractivity contribution in [3.05, 3.63) is 100 Å². The number of hydrogen-bond donors (Lipinski definition) is 1. The lowest BCUT2D eigenvalue weighted by atomic mass is 9.87. The van der Waals surface area contributed by atoms with Gasteiger partial charge in [-0.3, -0.25) is 5.21 Å². The number of fused-ring (bicyclic) bond motifs is 1. The van der Waals surface area contributed by atoms with Gasteiger partial charge in [-0.15, -0.1) is 0 Å². The van der Waals surface area contributed by atoms with Gasteiger partial charge in [-0.1, -0.05) is 68.8 Å². The highest BCUT2D eigenvalue weighted by Gasteiger charge is 2.25. The van der Waals surface area contributed by atoms with Crippen LogP contribution in [0.25, 0.3) is 11.8 Å². The largest absolute Gasteiger partial charge is 0.284 e. The van der Waals surface area contributed by atoms with E-state index >= 15 is 0 Å². The van der Waals surface area contributed by atoms with E-state index in [0.717, 1.165) is 21.8 Å². The lowest BCUT2D eigenvalue weighted by molar-refractivity contribution is 0.0248. The molecule has 2 aliphatic rings. The molecule has 1 N–H and O–H groups in total. The van der Waals surface area contributed by atoms with Gasteiger partial charge in [-0.25, -0.2) is 5.06 Å². The summed E-state index contributed by atoms with van der Waals surface area (Å²) in [6, 6.07) is 14.2. The topological polar surface area (TPSA) is 70.0 Å². The Balaban J connectivity index is 1.84. The van der Waals surface area contributed by atoms with Crippen LogP contribution in [-0.4, -0.2) is 24.4 Å². The number of nitrogens with zero attached hydrogens (tertiary/aromatic N) is 2. The van der Waals surface area contributed by atoms with Crippen molar-refractivity contribution in [2.75, 3.05) is 0 Å². The van der Waals surface area contributed by atoms with Crippen LogP contribution in [0.5, 0.6) is 0 Å². The molecule has 7 heteroatoms. The molecule has 5 nitrogen and oxygen atoms in total. The summed E-state index contributed by atoms with van der Waals surface area (Å²) >= 11 is 6.24. The van der Waals surface area contributed by atoms with E-state index in [9.17, 15) is 13.6 Å². The molecule has 0 saturated heterocycles. The van der Waals surface area contributed by atoms with Crippen LogP contribution >= 0.6 is 11.6 Å². The van der Waals surface area contributed by atoms with E-state index in [1.807, 2.05) is 24.3 Å². The molecule has 32 heavy (non-hydrogen) atoms. The first-order valence-corrected chi connectivity index (χ1v) is 11.9. The summed E-state index contributed by atoms with van der Waals surface area (Å²) in [4.78, 5) is 0.0983. The molecule has 0 bridgehead atoms. The molecular formula is C25H23ClN2O3S. The Kier molecular flexibility index (Phi) is 5.71. The van der Waals surface area contributed by atoms with E-state index < -0.39 is 10.0 Å². The minimum atomic E-state index is -3.99. The monoisotopic (exact) mass is 466 g/mol. The van der Waals surface area contributed by atoms with Gasteiger partial charge in [-0.05, 0) is 53.0 Å². The SMILES string of the molecule is CC(C)(C)c1ccc(S(=O)(=O)/N=C2\C=CC(Cl)=C\C2=C2/c3ccccc3C=CN2O)cc1. The zero-order valence-corrected chi connectivity index (χ0v) is 19.5. The number of benzene rings is 2. The fraction of sp³-hybridized carbons (Fsp3) is 0.160. The molecule has 0 radical (unpaired) electrons. The fourth-order valence-corrected chi connectivity index (χ4v) is 4.74. The summed E-state index contributed by atoms with van der Waals surface area (Å²) in [6.45, 7) is 6.19. The summed E-state index contributed by atoms with van der Waals surface area (Å²) in [6.07, 6.45) is 8.00. The van der Waals surface area contributed by atoms with Crippen molar-refractivity contribution in [3.8, 4) is 0 Å². The highest BCUT2D eigenvalue weighted by Crippen LogP contribution is 2.34. The van der Waals surface area contributed by atoms with Gasteiger partial charge in [0.1, 0.15) is 0 Å². The van der Waals surface area contributed by atoms with Crippen LogP contribution < -0.4 is 0 Å². The Hall–Kier alpha value is -2.93. The van der Waals surface area contributed by atoms with E-state index in [4.69, 9.17) is 11.6 Å². The summed E-state index contributed by atoms with van der Waals surface area (Å²) in [5.74, 6) is 0. The van der Waals surface area contributed by atoms with Gasteiger partial charge < -0.3 is 0 Å². The van der Waals surface area contributed by atoms with Crippen LogP contribution in [-0.2, 0) is 15.4 Å². The van der Waals surface area contributed by atoms with E-state index in [-0.39, 0.29) is 16.0 Å². The third-order valence-electron chi connectivity index (χ3n) is 5.29. The third-order valence-corrected chi connectivity index (χ3v) is 6.83. The normalized spacial score (nSPS) is 19.8. The molecule has 0 atom stereocenters. The lowest BCUT2D eigenvalue weighted by Gasteiger charge is -2.26. The molecule has 0 aromatic heterocycles. The molecule has 0 amide bonds. The van der Waals surface area contributed by atoms with Crippen molar-refractivity contribution < 1.29 is 13.6 Å². The predicted molar refractivity (Wildman–Crippen MR) is 129 cm³/mol. The summed E-state index contributed by atoms with van der Waals surface area (Å²) in [5.41, 5.74) is 3.57. The summed E-state index contributed by atoms with van der Waals surface area (Å²) in [5, 5.41) is 11.9. The Morgan fingerprint density at radius 3 is 2.34 bits per heavy atom. The van der Waals surface area contributed by atoms with Gasteiger partial charge in [-0.2, -0.15) is 12.8 Å². The van der Waals surface area contributed by atoms with Crippen molar-refractivity contribution >= 4 is 39.1 Å². The summed E-state index contributed by atoms with van der Waals surface area (Å²) in [7, 11) is -3.99. The van der Waals surface area contributed by atoms with Crippen LogP contribution in [0.2, 0.25) is 0 Å². The van der Waals surface area contributed by atoms with Crippen molar-refractivity contribution in [2.24, 2.45) is 4.40 Å². The quantitative estimate of drug-likeness (QED) is 0.598. The van der Waals surface area contributed by atoms with Gasteiger partial charge in [0, 0.05) is 22.4 Å². The fourth-order valence-electron chi connectivity index (χ4n) is 3.56. The minimum Gasteiger partial charge on any atom is -0.284 e. The molecule has 1 aliphatic carbocycles. The van der Waals surface area contributed by atoms with Gasteiger partial charge >= 0.3 is 0 Å². The predicted octanol–water partition coefficient (Wildman–Crippen LogP) is 5.89. The average molecular weight is 467 g/mol. The van der Waals surface area contributed by atoms with E-state index in [1.54, 1.807) is 48.6 Å². The average Bonchev–Trinajstić information content (AvgIpc) is 2.74. The maximum atomic E-state index is 13.1. The number of hydrogen-bond acceptors (Lipinski definition) is 4. The Bertz CT molecular complexity index is 1330. The van der Waals surface area contributed by atoms with E-state index in [2.05, 4.69) is 25.2 Å². The van der Waals surface area contributed by atoms with Gasteiger partial charge in [0.2, 0.25) is 0 Å². The highest BCUT2D eigenvalue weighted by molar-refractivity contribution is 7.90. The molecule has 2 aromatic carbocycles. The molecule has 1 heterocycles. The second-order valence-corrected chi connectivity index (χ2v) is 10.6. The minimum absolute atomic E-state index is 0.0914. The Morgan fingerprint density at radius 1 is 0.969 bits per heavy atom. The van der Waals surface area contributed by atoms with Gasteiger partial charge in [0.05, 0.1) is 16.3 Å².